The van der Waals surface area contributed by atoms with Gasteiger partial charge < -0.3 is 15.0 Å². The van der Waals surface area contributed by atoms with Gasteiger partial charge in [0.1, 0.15) is 11.6 Å². The maximum Gasteiger partial charge on any atom is 0.145 e. The summed E-state index contributed by atoms with van der Waals surface area (Å²) in [5.74, 6) is 1.52. The van der Waals surface area contributed by atoms with E-state index in [1.54, 1.807) is 0 Å². The third-order valence-corrected chi connectivity index (χ3v) is 3.52. The molecule has 3 rings (SSSR count). The number of aryl methyl sites for hydroxylation is 2. The fourth-order valence-corrected chi connectivity index (χ4v) is 2.58. The van der Waals surface area contributed by atoms with E-state index in [0.29, 0.717) is 12.4 Å². The SMILES string of the molecule is CCOc1cccc2c1ccn2CCCn1ccc(N)n1. The van der Waals surface area contributed by atoms with Crippen molar-refractivity contribution in [3.8, 4) is 5.75 Å². The highest BCUT2D eigenvalue weighted by Crippen LogP contribution is 2.26. The first-order valence-corrected chi connectivity index (χ1v) is 7.27. The maximum absolute atomic E-state index is 5.67. The largest absolute Gasteiger partial charge is 0.493 e. The summed E-state index contributed by atoms with van der Waals surface area (Å²) in [4.78, 5) is 0. The number of hydrogen-bond donors (Lipinski definition) is 1. The second-order valence-corrected chi connectivity index (χ2v) is 4.99. The summed E-state index contributed by atoms with van der Waals surface area (Å²) in [5.41, 5.74) is 6.82. The highest BCUT2D eigenvalue weighted by molar-refractivity contribution is 5.86. The van der Waals surface area contributed by atoms with Crippen LogP contribution in [-0.2, 0) is 13.1 Å². The van der Waals surface area contributed by atoms with Gasteiger partial charge >= 0.3 is 0 Å². The van der Waals surface area contributed by atoms with Gasteiger partial charge in [-0.2, -0.15) is 5.10 Å². The lowest BCUT2D eigenvalue weighted by atomic mass is 10.2. The Bertz CT molecular complexity index is 729. The van der Waals surface area contributed by atoms with Crippen molar-refractivity contribution in [1.29, 1.82) is 0 Å². The van der Waals surface area contributed by atoms with Crippen molar-refractivity contribution in [2.24, 2.45) is 0 Å². The molecule has 3 aromatic rings. The van der Waals surface area contributed by atoms with Crippen molar-refractivity contribution in [2.45, 2.75) is 26.4 Å². The molecule has 2 N–H and O–H groups in total. The van der Waals surface area contributed by atoms with Crippen LogP contribution < -0.4 is 10.5 Å². The van der Waals surface area contributed by atoms with Crippen molar-refractivity contribution in [3.63, 3.8) is 0 Å². The predicted octanol–water partition coefficient (Wildman–Crippen LogP) is 2.91. The van der Waals surface area contributed by atoms with Crippen molar-refractivity contribution < 1.29 is 4.74 Å². The lowest BCUT2D eigenvalue weighted by molar-refractivity contribution is 0.344. The van der Waals surface area contributed by atoms with E-state index in [9.17, 15) is 0 Å². The van der Waals surface area contributed by atoms with Crippen molar-refractivity contribution in [1.82, 2.24) is 14.3 Å². The zero-order valence-corrected chi connectivity index (χ0v) is 12.2. The van der Waals surface area contributed by atoms with Gasteiger partial charge in [0.2, 0.25) is 0 Å². The van der Waals surface area contributed by atoms with Crippen LogP contribution in [0.1, 0.15) is 13.3 Å². The zero-order chi connectivity index (χ0) is 14.7. The minimum absolute atomic E-state index is 0.572. The van der Waals surface area contributed by atoms with Crippen LogP contribution in [0.5, 0.6) is 5.75 Å². The average molecular weight is 284 g/mol. The number of rotatable bonds is 6. The van der Waals surface area contributed by atoms with Gasteiger partial charge in [-0.15, -0.1) is 0 Å². The molecule has 0 aliphatic rings. The summed E-state index contributed by atoms with van der Waals surface area (Å²) >= 11 is 0. The smallest absolute Gasteiger partial charge is 0.145 e. The van der Waals surface area contributed by atoms with Crippen LogP contribution >= 0.6 is 0 Å². The number of ether oxygens (including phenoxy) is 1. The van der Waals surface area contributed by atoms with Gasteiger partial charge in [0.05, 0.1) is 12.1 Å². The topological polar surface area (TPSA) is 58.0 Å². The van der Waals surface area contributed by atoms with E-state index >= 15 is 0 Å². The average Bonchev–Trinajstić information content (AvgIpc) is 3.07. The highest BCUT2D eigenvalue weighted by atomic mass is 16.5. The number of nitrogens with zero attached hydrogens (tertiary/aromatic N) is 3. The molecular formula is C16H20N4O. The van der Waals surface area contributed by atoms with Crippen LogP contribution in [0.3, 0.4) is 0 Å². The summed E-state index contributed by atoms with van der Waals surface area (Å²) in [5, 5.41) is 5.36. The van der Waals surface area contributed by atoms with Crippen molar-refractivity contribution in [3.05, 3.63) is 42.7 Å². The normalized spacial score (nSPS) is 11.1. The number of fused-ring (bicyclic) bond motifs is 1. The Morgan fingerprint density at radius 2 is 2.05 bits per heavy atom. The van der Waals surface area contributed by atoms with Gasteiger partial charge in [0.15, 0.2) is 0 Å². The fraction of sp³-hybridized carbons (Fsp3) is 0.312. The molecule has 2 aromatic heterocycles. The second-order valence-electron chi connectivity index (χ2n) is 4.99. The van der Waals surface area contributed by atoms with Gasteiger partial charge in [0.25, 0.3) is 0 Å². The minimum atomic E-state index is 0.572. The molecule has 0 aliphatic heterocycles. The van der Waals surface area contributed by atoms with E-state index in [2.05, 4.69) is 28.0 Å². The summed E-state index contributed by atoms with van der Waals surface area (Å²) in [6, 6.07) is 10.1. The highest BCUT2D eigenvalue weighted by Gasteiger charge is 2.06. The molecule has 2 heterocycles. The Balaban J connectivity index is 1.71. The summed E-state index contributed by atoms with van der Waals surface area (Å²) in [6.45, 7) is 4.50. The Labute approximate surface area is 123 Å². The van der Waals surface area contributed by atoms with E-state index in [1.165, 1.54) is 10.9 Å². The maximum atomic E-state index is 5.67. The summed E-state index contributed by atoms with van der Waals surface area (Å²) in [6.07, 6.45) is 5.03. The zero-order valence-electron chi connectivity index (χ0n) is 12.2. The molecular weight excluding hydrogens is 264 g/mol. The molecule has 0 saturated carbocycles. The number of benzene rings is 1. The number of anilines is 1. The van der Waals surface area contributed by atoms with E-state index in [1.807, 2.05) is 36.0 Å². The van der Waals surface area contributed by atoms with Gasteiger partial charge in [-0.25, -0.2) is 0 Å². The molecule has 110 valence electrons. The summed E-state index contributed by atoms with van der Waals surface area (Å²) < 4.78 is 9.80. The molecule has 21 heavy (non-hydrogen) atoms. The van der Waals surface area contributed by atoms with Crippen LogP contribution in [0.15, 0.2) is 42.7 Å². The van der Waals surface area contributed by atoms with E-state index < -0.39 is 0 Å². The van der Waals surface area contributed by atoms with Crippen LogP contribution in [0, 0.1) is 0 Å². The molecule has 1 aromatic carbocycles. The lowest BCUT2D eigenvalue weighted by Gasteiger charge is -2.08. The number of nitrogen functional groups attached to an aromatic ring is 1. The molecule has 0 spiro atoms. The van der Waals surface area contributed by atoms with Crippen molar-refractivity contribution >= 4 is 16.7 Å². The monoisotopic (exact) mass is 284 g/mol. The molecule has 0 unspecified atom stereocenters. The Hall–Kier alpha value is -2.43. The second kappa shape index (κ2) is 5.91. The molecule has 0 radical (unpaired) electrons. The first kappa shape index (κ1) is 13.5. The van der Waals surface area contributed by atoms with Crippen molar-refractivity contribution in [2.75, 3.05) is 12.3 Å². The molecule has 0 atom stereocenters. The Kier molecular flexibility index (Phi) is 3.81. The van der Waals surface area contributed by atoms with Gasteiger partial charge in [0, 0.05) is 30.9 Å². The molecule has 0 bridgehead atoms. The molecule has 0 fully saturated rings. The standard InChI is InChI=1S/C16H20N4O/c1-2-21-15-6-3-5-14-13(15)7-11-19(14)9-4-10-20-12-8-16(17)18-20/h3,5-8,11-12H,2,4,9-10H2,1H3,(H2,17,18). The molecule has 5 nitrogen and oxygen atoms in total. The molecule has 0 amide bonds. The van der Waals surface area contributed by atoms with E-state index in [4.69, 9.17) is 10.5 Å². The van der Waals surface area contributed by atoms with Crippen LogP contribution in [0.4, 0.5) is 5.82 Å². The molecule has 0 saturated heterocycles. The summed E-state index contributed by atoms with van der Waals surface area (Å²) in [7, 11) is 0. The first-order chi connectivity index (χ1) is 10.3. The third kappa shape index (κ3) is 2.86. The molecule has 5 heteroatoms. The number of nitrogens with two attached hydrogens (primary N) is 1. The van der Waals surface area contributed by atoms with E-state index in [-0.39, 0.29) is 0 Å². The predicted molar refractivity (Wildman–Crippen MR) is 84.4 cm³/mol. The van der Waals surface area contributed by atoms with Gasteiger partial charge in [-0.1, -0.05) is 6.07 Å². The number of aromatic nitrogens is 3. The quantitative estimate of drug-likeness (QED) is 0.757. The lowest BCUT2D eigenvalue weighted by Crippen LogP contribution is -2.04. The van der Waals surface area contributed by atoms with Crippen LogP contribution in [-0.4, -0.2) is 21.0 Å². The molecule has 0 aliphatic carbocycles. The Morgan fingerprint density at radius 1 is 1.14 bits per heavy atom. The van der Waals surface area contributed by atoms with Crippen LogP contribution in [0.2, 0.25) is 0 Å². The first-order valence-electron chi connectivity index (χ1n) is 7.27. The third-order valence-electron chi connectivity index (χ3n) is 3.52. The van der Waals surface area contributed by atoms with Crippen LogP contribution in [0.25, 0.3) is 10.9 Å². The van der Waals surface area contributed by atoms with E-state index in [0.717, 1.165) is 25.3 Å². The number of hydrogen-bond acceptors (Lipinski definition) is 3. The van der Waals surface area contributed by atoms with Gasteiger partial charge in [-0.05, 0) is 37.6 Å². The Morgan fingerprint density at radius 3 is 2.81 bits per heavy atom. The minimum Gasteiger partial charge on any atom is -0.493 e. The van der Waals surface area contributed by atoms with Gasteiger partial charge in [-0.3, -0.25) is 4.68 Å². The fourth-order valence-electron chi connectivity index (χ4n) is 2.58.